The molecule has 2 nitrogen and oxygen atoms in total. The summed E-state index contributed by atoms with van der Waals surface area (Å²) in [6, 6.07) is 0.291. The summed E-state index contributed by atoms with van der Waals surface area (Å²) in [5.74, 6) is 0. The zero-order chi connectivity index (χ0) is 12.0. The van der Waals surface area contributed by atoms with E-state index >= 15 is 0 Å². The van der Waals surface area contributed by atoms with Gasteiger partial charge in [0.1, 0.15) is 0 Å². The average molecular weight is 238 g/mol. The molecule has 0 radical (unpaired) electrons. The van der Waals surface area contributed by atoms with Gasteiger partial charge in [0, 0.05) is 18.2 Å². The Hall–Kier alpha value is -0.540. The third kappa shape index (κ3) is 5.52. The molecule has 1 aliphatic heterocycles. The van der Waals surface area contributed by atoms with Crippen LogP contribution < -0.4 is 0 Å². The summed E-state index contributed by atoms with van der Waals surface area (Å²) in [5.41, 5.74) is 0. The van der Waals surface area contributed by atoms with Crippen LogP contribution in [0.25, 0.3) is 0 Å². The molecule has 0 aliphatic carbocycles. The second kappa shape index (κ2) is 6.92. The standard InChI is InChI=1S/C13H22N2S/c1-11-7-5-6-8-12(2)16-13(14-11)9-10-15(3)4/h5-8,11-12H,9-10H2,1-4H3/b7-5-,8-6-,14-13?. The maximum absolute atomic E-state index is 4.74. The van der Waals surface area contributed by atoms with Crippen LogP contribution >= 0.6 is 11.8 Å². The minimum absolute atomic E-state index is 0.291. The lowest BCUT2D eigenvalue weighted by Crippen LogP contribution is -2.17. The number of allylic oxidation sites excluding steroid dienone is 2. The second-order valence-corrected chi connectivity index (χ2v) is 5.86. The summed E-state index contributed by atoms with van der Waals surface area (Å²) >= 11 is 1.88. The van der Waals surface area contributed by atoms with Crippen LogP contribution in [0, 0.1) is 0 Å². The van der Waals surface area contributed by atoms with Gasteiger partial charge in [-0.2, -0.15) is 0 Å². The van der Waals surface area contributed by atoms with Crippen LogP contribution in [0.15, 0.2) is 29.3 Å². The van der Waals surface area contributed by atoms with Crippen molar-refractivity contribution in [2.24, 2.45) is 4.99 Å². The molecule has 0 N–H and O–H groups in total. The first-order chi connectivity index (χ1) is 7.58. The molecule has 1 aliphatic rings. The number of hydrogen-bond acceptors (Lipinski definition) is 3. The number of aliphatic imine (C=N–C) groups is 1. The van der Waals surface area contributed by atoms with Crippen LogP contribution in [-0.2, 0) is 0 Å². The van der Waals surface area contributed by atoms with Crippen molar-refractivity contribution in [2.75, 3.05) is 20.6 Å². The Labute approximate surface area is 104 Å². The molecule has 0 aromatic rings. The third-order valence-electron chi connectivity index (χ3n) is 2.33. The SMILES string of the molecule is CC1/C=C\C=C/C(C)SC(CCN(C)C)=N1. The summed E-state index contributed by atoms with van der Waals surface area (Å²) in [6.07, 6.45) is 9.64. The third-order valence-corrected chi connectivity index (χ3v) is 3.44. The van der Waals surface area contributed by atoms with E-state index < -0.39 is 0 Å². The van der Waals surface area contributed by atoms with Crippen molar-refractivity contribution in [1.82, 2.24) is 4.90 Å². The highest BCUT2D eigenvalue weighted by Gasteiger charge is 2.08. The molecule has 3 heteroatoms. The molecule has 16 heavy (non-hydrogen) atoms. The van der Waals surface area contributed by atoms with E-state index in [0.29, 0.717) is 11.3 Å². The summed E-state index contributed by atoms with van der Waals surface area (Å²) in [6.45, 7) is 5.42. The van der Waals surface area contributed by atoms with Crippen molar-refractivity contribution in [3.8, 4) is 0 Å². The van der Waals surface area contributed by atoms with E-state index in [1.54, 1.807) is 0 Å². The first kappa shape index (κ1) is 13.5. The quantitative estimate of drug-likeness (QED) is 0.751. The van der Waals surface area contributed by atoms with E-state index in [4.69, 9.17) is 4.99 Å². The summed E-state index contributed by atoms with van der Waals surface area (Å²) in [5, 5.41) is 1.78. The van der Waals surface area contributed by atoms with Gasteiger partial charge in [0.25, 0.3) is 0 Å². The Balaban J connectivity index is 2.66. The van der Waals surface area contributed by atoms with Gasteiger partial charge < -0.3 is 4.90 Å². The molecule has 0 spiro atoms. The highest BCUT2D eigenvalue weighted by atomic mass is 32.2. The van der Waals surface area contributed by atoms with Crippen molar-refractivity contribution >= 4 is 16.8 Å². The molecule has 0 fully saturated rings. The molecule has 2 atom stereocenters. The Kier molecular flexibility index (Phi) is 5.85. The van der Waals surface area contributed by atoms with Crippen LogP contribution in [0.4, 0.5) is 0 Å². The zero-order valence-corrected chi connectivity index (χ0v) is 11.5. The highest BCUT2D eigenvalue weighted by molar-refractivity contribution is 8.14. The molecule has 0 aromatic heterocycles. The largest absolute Gasteiger partial charge is 0.309 e. The van der Waals surface area contributed by atoms with Gasteiger partial charge in [-0.1, -0.05) is 24.3 Å². The Bertz CT molecular complexity index is 292. The first-order valence-corrected chi connectivity index (χ1v) is 6.69. The van der Waals surface area contributed by atoms with Gasteiger partial charge in [-0.25, -0.2) is 0 Å². The first-order valence-electron chi connectivity index (χ1n) is 5.81. The van der Waals surface area contributed by atoms with E-state index in [9.17, 15) is 0 Å². The van der Waals surface area contributed by atoms with Gasteiger partial charge in [-0.05, 0) is 27.9 Å². The van der Waals surface area contributed by atoms with Crippen molar-refractivity contribution in [3.05, 3.63) is 24.3 Å². The Morgan fingerprint density at radius 3 is 2.62 bits per heavy atom. The van der Waals surface area contributed by atoms with Crippen LogP contribution in [-0.4, -0.2) is 41.9 Å². The fourth-order valence-electron chi connectivity index (χ4n) is 1.44. The van der Waals surface area contributed by atoms with Gasteiger partial charge in [0.15, 0.2) is 0 Å². The molecule has 0 bridgehead atoms. The molecule has 2 unspecified atom stereocenters. The minimum Gasteiger partial charge on any atom is -0.309 e. The van der Waals surface area contributed by atoms with E-state index in [0.717, 1.165) is 13.0 Å². The van der Waals surface area contributed by atoms with Crippen molar-refractivity contribution in [3.63, 3.8) is 0 Å². The Morgan fingerprint density at radius 2 is 1.94 bits per heavy atom. The number of nitrogens with zero attached hydrogens (tertiary/aromatic N) is 2. The summed E-state index contributed by atoms with van der Waals surface area (Å²) < 4.78 is 0. The van der Waals surface area contributed by atoms with E-state index in [-0.39, 0.29) is 0 Å². The zero-order valence-electron chi connectivity index (χ0n) is 10.7. The number of rotatable bonds is 3. The number of hydrogen-bond donors (Lipinski definition) is 0. The van der Waals surface area contributed by atoms with Crippen LogP contribution in [0.1, 0.15) is 20.3 Å². The van der Waals surface area contributed by atoms with Gasteiger partial charge in [-0.15, -0.1) is 11.8 Å². The van der Waals surface area contributed by atoms with E-state index in [2.05, 4.69) is 57.1 Å². The lowest BCUT2D eigenvalue weighted by molar-refractivity contribution is 0.422. The van der Waals surface area contributed by atoms with Crippen LogP contribution in [0.5, 0.6) is 0 Å². The summed E-state index contributed by atoms with van der Waals surface area (Å²) in [4.78, 5) is 6.95. The lowest BCUT2D eigenvalue weighted by atomic mass is 10.3. The molecule has 0 amide bonds. The fraction of sp³-hybridized carbons (Fsp3) is 0.615. The maximum atomic E-state index is 4.74. The molecule has 0 saturated carbocycles. The van der Waals surface area contributed by atoms with Gasteiger partial charge >= 0.3 is 0 Å². The average Bonchev–Trinajstić information content (AvgIpc) is 2.27. The Morgan fingerprint density at radius 1 is 1.25 bits per heavy atom. The molecule has 0 saturated heterocycles. The van der Waals surface area contributed by atoms with E-state index in [1.165, 1.54) is 5.04 Å². The van der Waals surface area contributed by atoms with E-state index in [1.807, 2.05) is 11.8 Å². The van der Waals surface area contributed by atoms with Crippen molar-refractivity contribution in [2.45, 2.75) is 31.6 Å². The number of thioether (sulfide) groups is 1. The monoisotopic (exact) mass is 238 g/mol. The van der Waals surface area contributed by atoms with Crippen LogP contribution in [0.3, 0.4) is 0 Å². The van der Waals surface area contributed by atoms with Crippen molar-refractivity contribution in [1.29, 1.82) is 0 Å². The van der Waals surface area contributed by atoms with Crippen LogP contribution in [0.2, 0.25) is 0 Å². The fourth-order valence-corrected chi connectivity index (χ4v) is 2.48. The molecule has 1 rings (SSSR count). The van der Waals surface area contributed by atoms with Gasteiger partial charge in [-0.3, -0.25) is 4.99 Å². The molecular formula is C13H22N2S. The lowest BCUT2D eigenvalue weighted by Gasteiger charge is -2.14. The second-order valence-electron chi connectivity index (χ2n) is 4.41. The summed E-state index contributed by atoms with van der Waals surface area (Å²) in [7, 11) is 4.21. The topological polar surface area (TPSA) is 15.6 Å². The normalized spacial score (nSPS) is 30.2. The van der Waals surface area contributed by atoms with Gasteiger partial charge in [0.2, 0.25) is 0 Å². The predicted molar refractivity (Wildman–Crippen MR) is 75.4 cm³/mol. The predicted octanol–water partition coefficient (Wildman–Crippen LogP) is 2.97. The van der Waals surface area contributed by atoms with Crippen molar-refractivity contribution < 1.29 is 0 Å². The smallest absolute Gasteiger partial charge is 0.0701 e. The van der Waals surface area contributed by atoms with Gasteiger partial charge in [0.05, 0.1) is 11.1 Å². The maximum Gasteiger partial charge on any atom is 0.0701 e. The molecule has 0 aromatic carbocycles. The molecular weight excluding hydrogens is 216 g/mol. The molecule has 1 heterocycles. The highest BCUT2D eigenvalue weighted by Crippen LogP contribution is 2.19. The minimum atomic E-state index is 0.291. The molecule has 90 valence electrons.